The van der Waals surface area contributed by atoms with E-state index in [4.69, 9.17) is 23.5 Å². The molecule has 0 unspecified atom stereocenters. The lowest BCUT2D eigenvalue weighted by atomic mass is 10.1. The van der Waals surface area contributed by atoms with Gasteiger partial charge in [-0.25, -0.2) is 9.97 Å². The molecular formula is C25H19N3O4. The van der Waals surface area contributed by atoms with Crippen LogP contribution in [0.5, 0.6) is 5.75 Å². The van der Waals surface area contributed by atoms with E-state index in [-0.39, 0.29) is 5.91 Å². The van der Waals surface area contributed by atoms with Gasteiger partial charge in [0.15, 0.2) is 11.5 Å². The quantitative estimate of drug-likeness (QED) is 0.408. The molecule has 0 aliphatic rings. The summed E-state index contributed by atoms with van der Waals surface area (Å²) in [6.07, 6.45) is 3.17. The molecule has 1 N–H and O–H groups in total. The van der Waals surface area contributed by atoms with Gasteiger partial charge in [-0.3, -0.25) is 4.79 Å². The van der Waals surface area contributed by atoms with E-state index >= 15 is 0 Å². The summed E-state index contributed by atoms with van der Waals surface area (Å²) >= 11 is 0. The molecule has 0 bridgehead atoms. The lowest BCUT2D eigenvalue weighted by Crippen LogP contribution is -2.22. The Morgan fingerprint density at radius 2 is 1.59 bits per heavy atom. The fourth-order valence-electron chi connectivity index (χ4n) is 3.43. The highest BCUT2D eigenvalue weighted by atomic mass is 16.5. The summed E-state index contributed by atoms with van der Waals surface area (Å²) < 4.78 is 16.3. The molecule has 0 aliphatic heterocycles. The standard InChI is InChI=1S/C25H19N3O4/c1-30-18-6-2-5-16(13-18)15-26-25(29)17-9-10-19-20(14-17)28-24(22-8-4-12-32-22)23(27-19)21-7-3-11-31-21/h2-14H,15H2,1H3,(H,26,29). The lowest BCUT2D eigenvalue weighted by Gasteiger charge is -2.09. The number of nitrogens with one attached hydrogen (secondary N) is 1. The van der Waals surface area contributed by atoms with E-state index < -0.39 is 0 Å². The average Bonchev–Trinajstić information content (AvgIpc) is 3.56. The first-order chi connectivity index (χ1) is 15.7. The van der Waals surface area contributed by atoms with E-state index in [1.54, 1.807) is 50.0 Å². The maximum Gasteiger partial charge on any atom is 0.251 e. The van der Waals surface area contributed by atoms with Crippen LogP contribution in [0.1, 0.15) is 15.9 Å². The molecule has 2 aromatic carbocycles. The molecule has 0 fully saturated rings. The molecule has 0 atom stereocenters. The molecular weight excluding hydrogens is 406 g/mol. The number of ether oxygens (including phenoxy) is 1. The Bertz CT molecular complexity index is 1380. The first-order valence-electron chi connectivity index (χ1n) is 10.0. The highest BCUT2D eigenvalue weighted by Crippen LogP contribution is 2.31. The van der Waals surface area contributed by atoms with E-state index in [2.05, 4.69) is 5.32 Å². The van der Waals surface area contributed by atoms with Crippen LogP contribution in [-0.2, 0) is 6.54 Å². The molecule has 3 heterocycles. The smallest absolute Gasteiger partial charge is 0.251 e. The van der Waals surface area contributed by atoms with E-state index in [0.29, 0.717) is 46.0 Å². The van der Waals surface area contributed by atoms with Crippen molar-refractivity contribution in [2.75, 3.05) is 7.11 Å². The van der Waals surface area contributed by atoms with Gasteiger partial charge in [0, 0.05) is 12.1 Å². The van der Waals surface area contributed by atoms with Crippen molar-refractivity contribution in [1.82, 2.24) is 15.3 Å². The Morgan fingerprint density at radius 1 is 0.875 bits per heavy atom. The van der Waals surface area contributed by atoms with Gasteiger partial charge in [-0.1, -0.05) is 12.1 Å². The third kappa shape index (κ3) is 3.83. The normalized spacial score (nSPS) is 10.9. The Hall–Kier alpha value is -4.39. The number of rotatable bonds is 6. The van der Waals surface area contributed by atoms with Crippen molar-refractivity contribution >= 4 is 16.9 Å². The second-order valence-corrected chi connectivity index (χ2v) is 7.11. The Kier molecular flexibility index (Phi) is 5.13. The van der Waals surface area contributed by atoms with Crippen molar-refractivity contribution in [1.29, 1.82) is 0 Å². The zero-order chi connectivity index (χ0) is 21.9. The summed E-state index contributed by atoms with van der Waals surface area (Å²) in [6.45, 7) is 0.384. The van der Waals surface area contributed by atoms with E-state index in [1.165, 1.54) is 0 Å². The van der Waals surface area contributed by atoms with Gasteiger partial charge in [0.25, 0.3) is 5.91 Å². The molecule has 0 aliphatic carbocycles. The Balaban J connectivity index is 1.46. The fraction of sp³-hybridized carbons (Fsp3) is 0.0800. The molecule has 1 amide bonds. The van der Waals surface area contributed by atoms with Gasteiger partial charge in [-0.2, -0.15) is 0 Å². The summed E-state index contributed by atoms with van der Waals surface area (Å²) in [4.78, 5) is 22.2. The van der Waals surface area contributed by atoms with Gasteiger partial charge in [0.1, 0.15) is 17.1 Å². The molecule has 32 heavy (non-hydrogen) atoms. The van der Waals surface area contributed by atoms with Gasteiger partial charge < -0.3 is 18.9 Å². The SMILES string of the molecule is COc1cccc(CNC(=O)c2ccc3nc(-c4ccco4)c(-c4ccco4)nc3c2)c1. The monoisotopic (exact) mass is 425 g/mol. The number of amides is 1. The highest BCUT2D eigenvalue weighted by Gasteiger charge is 2.18. The molecule has 5 rings (SSSR count). The molecule has 0 spiro atoms. The molecule has 0 saturated heterocycles. The van der Waals surface area contributed by atoms with Crippen LogP contribution in [-0.4, -0.2) is 23.0 Å². The lowest BCUT2D eigenvalue weighted by molar-refractivity contribution is 0.0951. The number of fused-ring (bicyclic) bond motifs is 1. The Morgan fingerprint density at radius 3 is 2.25 bits per heavy atom. The summed E-state index contributed by atoms with van der Waals surface area (Å²) in [7, 11) is 1.61. The molecule has 0 saturated carbocycles. The second kappa shape index (κ2) is 8.39. The van der Waals surface area contributed by atoms with E-state index in [9.17, 15) is 4.79 Å². The molecule has 3 aromatic heterocycles. The van der Waals surface area contributed by atoms with Gasteiger partial charge >= 0.3 is 0 Å². The molecule has 5 aromatic rings. The predicted molar refractivity (Wildman–Crippen MR) is 119 cm³/mol. The van der Waals surface area contributed by atoms with Crippen LogP contribution in [0.15, 0.2) is 88.1 Å². The number of benzene rings is 2. The minimum absolute atomic E-state index is 0.203. The fourth-order valence-corrected chi connectivity index (χ4v) is 3.43. The summed E-state index contributed by atoms with van der Waals surface area (Å²) in [5.74, 6) is 1.70. The second-order valence-electron chi connectivity index (χ2n) is 7.11. The summed E-state index contributed by atoms with van der Waals surface area (Å²) in [5.41, 5.74) is 3.79. The third-order valence-corrected chi connectivity index (χ3v) is 5.02. The van der Waals surface area contributed by atoms with Gasteiger partial charge in [0.05, 0.1) is 30.7 Å². The zero-order valence-corrected chi connectivity index (χ0v) is 17.2. The van der Waals surface area contributed by atoms with Gasteiger partial charge in [-0.15, -0.1) is 0 Å². The average molecular weight is 425 g/mol. The number of hydrogen-bond donors (Lipinski definition) is 1. The number of carbonyl (C=O) groups excluding carboxylic acids is 1. The number of nitrogens with zero attached hydrogens (tertiary/aromatic N) is 2. The maximum atomic E-state index is 12.8. The van der Waals surface area contributed by atoms with Crippen molar-refractivity contribution < 1.29 is 18.4 Å². The van der Waals surface area contributed by atoms with Gasteiger partial charge in [-0.05, 0) is 60.2 Å². The molecule has 0 radical (unpaired) electrons. The Labute approximate surface area is 183 Å². The number of methoxy groups -OCH3 is 1. The van der Waals surface area contributed by atoms with Crippen LogP contribution in [0.3, 0.4) is 0 Å². The molecule has 158 valence electrons. The van der Waals surface area contributed by atoms with Crippen LogP contribution in [0.2, 0.25) is 0 Å². The largest absolute Gasteiger partial charge is 0.497 e. The zero-order valence-electron chi connectivity index (χ0n) is 17.2. The van der Waals surface area contributed by atoms with E-state index in [0.717, 1.165) is 11.3 Å². The van der Waals surface area contributed by atoms with Crippen LogP contribution in [0.25, 0.3) is 33.9 Å². The van der Waals surface area contributed by atoms with Crippen molar-refractivity contribution in [2.24, 2.45) is 0 Å². The predicted octanol–water partition coefficient (Wildman–Crippen LogP) is 5.09. The van der Waals surface area contributed by atoms with Crippen molar-refractivity contribution in [3.05, 3.63) is 90.4 Å². The first kappa shape index (κ1) is 19.6. The molecule has 7 heteroatoms. The number of carbonyl (C=O) groups is 1. The minimum Gasteiger partial charge on any atom is -0.497 e. The van der Waals surface area contributed by atoms with Crippen LogP contribution in [0, 0.1) is 0 Å². The van der Waals surface area contributed by atoms with Crippen LogP contribution in [0.4, 0.5) is 0 Å². The summed E-state index contributed by atoms with van der Waals surface area (Å²) in [5, 5.41) is 2.93. The topological polar surface area (TPSA) is 90.4 Å². The van der Waals surface area contributed by atoms with E-state index in [1.807, 2.05) is 36.4 Å². The highest BCUT2D eigenvalue weighted by molar-refractivity contribution is 5.97. The van der Waals surface area contributed by atoms with Gasteiger partial charge in [0.2, 0.25) is 0 Å². The minimum atomic E-state index is -0.203. The molecule has 7 nitrogen and oxygen atoms in total. The maximum absolute atomic E-state index is 12.8. The van der Waals surface area contributed by atoms with Crippen molar-refractivity contribution in [2.45, 2.75) is 6.54 Å². The number of aromatic nitrogens is 2. The van der Waals surface area contributed by atoms with Crippen LogP contribution >= 0.6 is 0 Å². The summed E-state index contributed by atoms with van der Waals surface area (Å²) in [6, 6.07) is 20.0. The first-order valence-corrected chi connectivity index (χ1v) is 10.0. The van der Waals surface area contributed by atoms with Crippen LogP contribution < -0.4 is 10.1 Å². The van der Waals surface area contributed by atoms with Crippen molar-refractivity contribution in [3.8, 4) is 28.7 Å². The number of hydrogen-bond acceptors (Lipinski definition) is 6. The number of furan rings is 2. The van der Waals surface area contributed by atoms with Crippen molar-refractivity contribution in [3.63, 3.8) is 0 Å². The third-order valence-electron chi connectivity index (χ3n) is 5.02.